The molecule has 0 aliphatic carbocycles. The Labute approximate surface area is 198 Å². The number of ketones is 1. The van der Waals surface area contributed by atoms with Gasteiger partial charge >= 0.3 is 0 Å². The van der Waals surface area contributed by atoms with Crippen LogP contribution in [0.15, 0.2) is 48.9 Å². The highest BCUT2D eigenvalue weighted by Gasteiger charge is 2.44. The van der Waals surface area contributed by atoms with Crippen molar-refractivity contribution in [3.8, 4) is 0 Å². The molecular weight excluding hydrogens is 428 g/mol. The van der Waals surface area contributed by atoms with Gasteiger partial charge in [0, 0.05) is 48.7 Å². The van der Waals surface area contributed by atoms with Gasteiger partial charge in [-0.3, -0.25) is 14.9 Å². The van der Waals surface area contributed by atoms with Crippen molar-refractivity contribution in [1.82, 2.24) is 29.8 Å². The number of H-pyrrole nitrogens is 1. The zero-order valence-electron chi connectivity index (χ0n) is 20.0. The Morgan fingerprint density at radius 1 is 1.26 bits per heavy atom. The number of nitrogens with zero attached hydrogens (tertiary/aromatic N) is 6. The number of nitrogens with one attached hydrogen (secondary N) is 2. The number of aromatic amines is 1. The van der Waals surface area contributed by atoms with E-state index in [2.05, 4.69) is 41.3 Å². The van der Waals surface area contributed by atoms with Gasteiger partial charge in [-0.1, -0.05) is 26.8 Å². The molecule has 0 spiro atoms. The van der Waals surface area contributed by atoms with E-state index >= 15 is 0 Å². The highest BCUT2D eigenvalue weighted by atomic mass is 16.1. The van der Waals surface area contributed by atoms with E-state index in [9.17, 15) is 4.79 Å². The van der Waals surface area contributed by atoms with Crippen molar-refractivity contribution in [2.24, 2.45) is 0 Å². The molecule has 1 atom stereocenters. The topological polar surface area (TPSA) is 104 Å². The lowest BCUT2D eigenvalue weighted by atomic mass is 9.89. The zero-order valence-corrected chi connectivity index (χ0v) is 20.0. The summed E-state index contributed by atoms with van der Waals surface area (Å²) in [4.78, 5) is 24.5. The summed E-state index contributed by atoms with van der Waals surface area (Å²) in [5, 5.41) is 15.6. The van der Waals surface area contributed by atoms with Gasteiger partial charge in [0.2, 0.25) is 5.95 Å². The maximum Gasteiger partial charge on any atom is 0.246 e. The smallest absolute Gasteiger partial charge is 0.246 e. The third-order valence-electron chi connectivity index (χ3n) is 6.58. The van der Waals surface area contributed by atoms with Gasteiger partial charge in [-0.15, -0.1) is 5.10 Å². The molecular formula is C25H30N8O. The van der Waals surface area contributed by atoms with Crippen LogP contribution in [0.25, 0.3) is 5.52 Å². The number of anilines is 3. The van der Waals surface area contributed by atoms with Crippen LogP contribution in [-0.4, -0.2) is 47.6 Å². The first-order valence-corrected chi connectivity index (χ1v) is 11.6. The predicted octanol–water partition coefficient (Wildman–Crippen LogP) is 4.06. The van der Waals surface area contributed by atoms with Crippen molar-refractivity contribution in [3.63, 3.8) is 0 Å². The normalized spacial score (nSPS) is 18.5. The largest absolute Gasteiger partial charge is 0.327 e. The lowest BCUT2D eigenvalue weighted by Gasteiger charge is -2.34. The second kappa shape index (κ2) is 8.23. The highest BCUT2D eigenvalue weighted by molar-refractivity contribution is 5.93. The molecule has 0 unspecified atom stereocenters. The van der Waals surface area contributed by atoms with Crippen LogP contribution in [0.2, 0.25) is 0 Å². The number of carbonyl (C=O) groups excluding carboxylic acids is 1. The van der Waals surface area contributed by atoms with Gasteiger partial charge in [0.15, 0.2) is 17.4 Å². The molecule has 9 heteroatoms. The average molecular weight is 459 g/mol. The Hall–Kier alpha value is -3.75. The summed E-state index contributed by atoms with van der Waals surface area (Å²) < 4.78 is 1.80. The molecule has 176 valence electrons. The molecule has 1 aliphatic heterocycles. The molecule has 9 nitrogen and oxygen atoms in total. The van der Waals surface area contributed by atoms with E-state index in [1.807, 2.05) is 48.4 Å². The first-order valence-electron chi connectivity index (χ1n) is 11.6. The van der Waals surface area contributed by atoms with E-state index in [0.717, 1.165) is 36.2 Å². The summed E-state index contributed by atoms with van der Waals surface area (Å²) in [6.07, 6.45) is 7.36. The number of pyridine rings is 1. The van der Waals surface area contributed by atoms with E-state index in [1.165, 1.54) is 0 Å². The number of hydrogen-bond acceptors (Lipinski definition) is 7. The summed E-state index contributed by atoms with van der Waals surface area (Å²) in [7, 11) is 0. The van der Waals surface area contributed by atoms with Gasteiger partial charge in [0.05, 0.1) is 5.54 Å². The number of rotatable bonds is 6. The van der Waals surface area contributed by atoms with Gasteiger partial charge in [-0.2, -0.15) is 10.1 Å². The second-order valence-electron chi connectivity index (χ2n) is 10.1. The van der Waals surface area contributed by atoms with Crippen LogP contribution in [0.4, 0.5) is 17.6 Å². The SMILES string of the molecule is CC(C)(C)c1cc(Nc2nc(N3CCC[C@@]3(C)C(=O)Cc3cccnc3)nn3cccc23)n[nH]1. The molecule has 0 aromatic carbocycles. The van der Waals surface area contributed by atoms with Crippen LogP contribution in [-0.2, 0) is 16.6 Å². The Bertz CT molecular complexity index is 1320. The lowest BCUT2D eigenvalue weighted by molar-refractivity contribution is -0.122. The Morgan fingerprint density at radius 2 is 2.12 bits per heavy atom. The van der Waals surface area contributed by atoms with Crippen molar-refractivity contribution in [2.75, 3.05) is 16.8 Å². The zero-order chi connectivity index (χ0) is 23.9. The second-order valence-corrected chi connectivity index (χ2v) is 10.1. The van der Waals surface area contributed by atoms with Gasteiger partial charge in [0.1, 0.15) is 5.52 Å². The predicted molar refractivity (Wildman–Crippen MR) is 131 cm³/mol. The minimum absolute atomic E-state index is 0.0415. The lowest BCUT2D eigenvalue weighted by Crippen LogP contribution is -2.49. The molecule has 1 saturated heterocycles. The van der Waals surface area contributed by atoms with Crippen molar-refractivity contribution in [1.29, 1.82) is 0 Å². The minimum atomic E-state index is -0.681. The molecule has 5 rings (SSSR count). The third kappa shape index (κ3) is 4.02. The molecule has 5 heterocycles. The Morgan fingerprint density at radius 3 is 2.85 bits per heavy atom. The molecule has 1 fully saturated rings. The highest BCUT2D eigenvalue weighted by Crippen LogP contribution is 2.35. The van der Waals surface area contributed by atoms with Crippen LogP contribution in [0.1, 0.15) is 51.8 Å². The molecule has 0 amide bonds. The maximum atomic E-state index is 13.4. The van der Waals surface area contributed by atoms with E-state index in [-0.39, 0.29) is 11.2 Å². The van der Waals surface area contributed by atoms with Gasteiger partial charge in [-0.05, 0) is 43.5 Å². The van der Waals surface area contributed by atoms with Gasteiger partial charge in [-0.25, -0.2) is 4.52 Å². The summed E-state index contributed by atoms with van der Waals surface area (Å²) >= 11 is 0. The van der Waals surface area contributed by atoms with Crippen molar-refractivity contribution >= 4 is 28.9 Å². The quantitative estimate of drug-likeness (QED) is 0.449. The first-order chi connectivity index (χ1) is 16.2. The fourth-order valence-corrected chi connectivity index (χ4v) is 4.47. The number of fused-ring (bicyclic) bond motifs is 1. The molecule has 4 aromatic rings. The van der Waals surface area contributed by atoms with Crippen LogP contribution < -0.4 is 10.2 Å². The van der Waals surface area contributed by atoms with Crippen molar-refractivity contribution < 1.29 is 4.79 Å². The molecule has 0 bridgehead atoms. The summed E-state index contributed by atoms with van der Waals surface area (Å²) in [5.41, 5.74) is 2.06. The monoisotopic (exact) mass is 458 g/mol. The fourth-order valence-electron chi connectivity index (χ4n) is 4.47. The molecule has 2 N–H and O–H groups in total. The maximum absolute atomic E-state index is 13.4. The van der Waals surface area contributed by atoms with Crippen molar-refractivity contribution in [2.45, 2.75) is 57.9 Å². The number of carbonyl (C=O) groups is 1. The van der Waals surface area contributed by atoms with Crippen LogP contribution in [0.5, 0.6) is 0 Å². The molecule has 4 aromatic heterocycles. The Kier molecular flexibility index (Phi) is 5.34. The van der Waals surface area contributed by atoms with E-state index < -0.39 is 5.54 Å². The van der Waals surface area contributed by atoms with Crippen molar-refractivity contribution in [3.05, 3.63) is 60.2 Å². The number of hydrogen-bond donors (Lipinski definition) is 2. The summed E-state index contributed by atoms with van der Waals surface area (Å²) in [6.45, 7) is 9.12. The van der Waals surface area contributed by atoms with Crippen LogP contribution in [0, 0.1) is 0 Å². The summed E-state index contributed by atoms with van der Waals surface area (Å²) in [5.74, 6) is 2.01. The average Bonchev–Trinajstić information content (AvgIpc) is 3.54. The van der Waals surface area contributed by atoms with Gasteiger partial charge in [0.25, 0.3) is 0 Å². The molecule has 0 saturated carbocycles. The standard InChI is InChI=1S/C25H30N8O/c1-24(2,3)19-15-21(30-29-19)27-22-18-9-6-13-33(18)31-23(28-22)32-12-7-10-25(32,4)20(34)14-17-8-5-11-26-16-17/h5-6,8-9,11,13,15-16H,7,10,12,14H2,1-4H3,(H2,27,28,29,30,31)/t25-/m0/s1. The summed E-state index contributed by atoms with van der Waals surface area (Å²) in [6, 6.07) is 9.69. The van der Waals surface area contributed by atoms with Crippen LogP contribution >= 0.6 is 0 Å². The fraction of sp³-hybridized carbons (Fsp3) is 0.400. The first kappa shape index (κ1) is 22.1. The third-order valence-corrected chi connectivity index (χ3v) is 6.58. The molecule has 1 aliphatic rings. The van der Waals surface area contributed by atoms with E-state index in [1.54, 1.807) is 16.9 Å². The van der Waals surface area contributed by atoms with Crippen LogP contribution in [0.3, 0.4) is 0 Å². The van der Waals surface area contributed by atoms with Gasteiger partial charge < -0.3 is 10.2 Å². The minimum Gasteiger partial charge on any atom is -0.327 e. The number of aromatic nitrogens is 6. The molecule has 34 heavy (non-hydrogen) atoms. The Balaban J connectivity index is 1.47. The van der Waals surface area contributed by atoms with E-state index in [0.29, 0.717) is 24.0 Å². The molecule has 0 radical (unpaired) electrons. The van der Waals surface area contributed by atoms with E-state index in [4.69, 9.17) is 10.1 Å². The number of Topliss-reactive ketones (excluding diaryl/α,β-unsaturated/α-hetero) is 1.